The summed E-state index contributed by atoms with van der Waals surface area (Å²) >= 11 is 5.95. The van der Waals surface area contributed by atoms with E-state index in [1.54, 1.807) is 48.5 Å². The first-order valence-corrected chi connectivity index (χ1v) is 9.72. The largest absolute Gasteiger partial charge is 0.393 e. The number of benzene rings is 2. The van der Waals surface area contributed by atoms with Crippen molar-refractivity contribution in [2.45, 2.75) is 19.0 Å². The SMILES string of the molecule is O=C(c1cc(-c2ccc(Cl)cc2)nc2ccccc12)N1CCCC(C(F)(F)F)C1. The molecule has 3 nitrogen and oxygen atoms in total. The number of nitrogens with zero attached hydrogens (tertiary/aromatic N) is 2. The van der Waals surface area contributed by atoms with Gasteiger partial charge in [0.05, 0.1) is 22.7 Å². The summed E-state index contributed by atoms with van der Waals surface area (Å²) in [5.74, 6) is -1.88. The van der Waals surface area contributed by atoms with Crippen molar-refractivity contribution in [3.63, 3.8) is 0 Å². The number of carbonyl (C=O) groups is 1. The van der Waals surface area contributed by atoms with Gasteiger partial charge in [-0.05, 0) is 37.1 Å². The molecular weight excluding hydrogens is 401 g/mol. The zero-order valence-corrected chi connectivity index (χ0v) is 16.2. The third kappa shape index (κ3) is 4.08. The highest BCUT2D eigenvalue weighted by Crippen LogP contribution is 2.34. The van der Waals surface area contributed by atoms with Crippen molar-refractivity contribution in [1.29, 1.82) is 0 Å². The van der Waals surface area contributed by atoms with Crippen LogP contribution in [-0.2, 0) is 0 Å². The van der Waals surface area contributed by atoms with Crippen molar-refractivity contribution in [3.05, 3.63) is 65.2 Å². The minimum atomic E-state index is -4.30. The minimum Gasteiger partial charge on any atom is -0.338 e. The molecule has 1 unspecified atom stereocenters. The first-order chi connectivity index (χ1) is 13.8. The van der Waals surface area contributed by atoms with Gasteiger partial charge in [0.15, 0.2) is 0 Å². The lowest BCUT2D eigenvalue weighted by molar-refractivity contribution is -0.184. The molecule has 1 atom stereocenters. The van der Waals surface area contributed by atoms with Crippen LogP contribution in [0.4, 0.5) is 13.2 Å². The zero-order chi connectivity index (χ0) is 20.6. The summed E-state index contributed by atoms with van der Waals surface area (Å²) in [6.07, 6.45) is -3.91. The van der Waals surface area contributed by atoms with Gasteiger partial charge in [-0.2, -0.15) is 13.2 Å². The Morgan fingerprint density at radius 3 is 2.55 bits per heavy atom. The van der Waals surface area contributed by atoms with Crippen LogP contribution in [0.1, 0.15) is 23.2 Å². The molecule has 0 N–H and O–H groups in total. The van der Waals surface area contributed by atoms with Crippen molar-refractivity contribution in [1.82, 2.24) is 9.88 Å². The average molecular weight is 419 g/mol. The number of likely N-dealkylation sites (tertiary alicyclic amines) is 1. The monoisotopic (exact) mass is 418 g/mol. The summed E-state index contributed by atoms with van der Waals surface area (Å²) < 4.78 is 39.6. The Balaban J connectivity index is 1.76. The molecule has 2 aromatic carbocycles. The Morgan fingerprint density at radius 1 is 1.10 bits per heavy atom. The fourth-order valence-electron chi connectivity index (χ4n) is 3.72. The van der Waals surface area contributed by atoms with E-state index in [4.69, 9.17) is 11.6 Å². The van der Waals surface area contributed by atoms with Crippen molar-refractivity contribution in [3.8, 4) is 11.3 Å². The van der Waals surface area contributed by atoms with E-state index < -0.39 is 18.0 Å². The van der Waals surface area contributed by atoms with Crippen LogP contribution in [0, 0.1) is 5.92 Å². The van der Waals surface area contributed by atoms with E-state index in [0.717, 1.165) is 5.56 Å². The molecule has 0 bridgehead atoms. The number of alkyl halides is 3. The molecule has 0 saturated carbocycles. The second-order valence-corrected chi connectivity index (χ2v) is 7.65. The Kier molecular flexibility index (Phi) is 5.21. The highest BCUT2D eigenvalue weighted by atomic mass is 35.5. The molecule has 0 aliphatic carbocycles. The quantitative estimate of drug-likeness (QED) is 0.513. The molecule has 150 valence electrons. The number of piperidine rings is 1. The second-order valence-electron chi connectivity index (χ2n) is 7.21. The molecule has 1 fully saturated rings. The molecule has 0 radical (unpaired) electrons. The number of halogens is 4. The number of para-hydroxylation sites is 1. The van der Waals surface area contributed by atoms with E-state index in [1.165, 1.54) is 4.90 Å². The number of hydrogen-bond donors (Lipinski definition) is 0. The van der Waals surface area contributed by atoms with Crippen LogP contribution in [-0.4, -0.2) is 35.1 Å². The lowest BCUT2D eigenvalue weighted by Gasteiger charge is -2.34. The first kappa shape index (κ1) is 19.7. The number of pyridine rings is 1. The van der Waals surface area contributed by atoms with E-state index in [0.29, 0.717) is 40.1 Å². The summed E-state index contributed by atoms with van der Waals surface area (Å²) in [7, 11) is 0. The van der Waals surface area contributed by atoms with Crippen LogP contribution >= 0.6 is 11.6 Å². The molecule has 3 aromatic rings. The number of fused-ring (bicyclic) bond motifs is 1. The second kappa shape index (κ2) is 7.67. The smallest absolute Gasteiger partial charge is 0.338 e. The Morgan fingerprint density at radius 2 is 1.83 bits per heavy atom. The van der Waals surface area contributed by atoms with Crippen LogP contribution in [0.15, 0.2) is 54.6 Å². The molecule has 7 heteroatoms. The zero-order valence-electron chi connectivity index (χ0n) is 15.4. The molecule has 1 saturated heterocycles. The lowest BCUT2D eigenvalue weighted by atomic mass is 9.96. The van der Waals surface area contributed by atoms with Gasteiger partial charge in [0.2, 0.25) is 0 Å². The van der Waals surface area contributed by atoms with Crippen LogP contribution in [0.3, 0.4) is 0 Å². The van der Waals surface area contributed by atoms with Gasteiger partial charge < -0.3 is 4.90 Å². The maximum absolute atomic E-state index is 13.2. The number of carbonyl (C=O) groups excluding carboxylic acids is 1. The van der Waals surface area contributed by atoms with E-state index in [2.05, 4.69) is 4.98 Å². The van der Waals surface area contributed by atoms with E-state index in [-0.39, 0.29) is 13.0 Å². The molecule has 1 aliphatic rings. The van der Waals surface area contributed by atoms with E-state index in [1.807, 2.05) is 6.07 Å². The standard InChI is InChI=1S/C22H18ClF3N2O/c23-16-9-7-14(8-10-16)20-12-18(17-5-1-2-6-19(17)27-20)21(29)28-11-3-4-15(13-28)22(24,25)26/h1-2,5-10,12,15H,3-4,11,13H2. The van der Waals surface area contributed by atoms with Gasteiger partial charge in [0, 0.05) is 29.1 Å². The topological polar surface area (TPSA) is 33.2 Å². The molecule has 1 aromatic heterocycles. The normalized spacial score (nSPS) is 17.5. The Labute approximate surface area is 171 Å². The fourth-order valence-corrected chi connectivity index (χ4v) is 3.85. The molecule has 4 rings (SSSR count). The number of aromatic nitrogens is 1. The van der Waals surface area contributed by atoms with Crippen LogP contribution in [0.5, 0.6) is 0 Å². The van der Waals surface area contributed by atoms with Crippen LogP contribution in [0.25, 0.3) is 22.2 Å². The van der Waals surface area contributed by atoms with E-state index >= 15 is 0 Å². The lowest BCUT2D eigenvalue weighted by Crippen LogP contribution is -2.44. The summed E-state index contributed by atoms with van der Waals surface area (Å²) in [6.45, 7) is 0.00754. The molecule has 29 heavy (non-hydrogen) atoms. The predicted octanol–water partition coefficient (Wildman–Crippen LogP) is 5.97. The number of rotatable bonds is 2. The van der Waals surface area contributed by atoms with E-state index in [9.17, 15) is 18.0 Å². The minimum absolute atomic E-state index is 0.0560. The highest BCUT2D eigenvalue weighted by Gasteiger charge is 2.42. The van der Waals surface area contributed by atoms with Crippen LogP contribution < -0.4 is 0 Å². The summed E-state index contributed by atoms with van der Waals surface area (Å²) in [4.78, 5) is 19.2. The fraction of sp³-hybridized carbons (Fsp3) is 0.273. The maximum Gasteiger partial charge on any atom is 0.393 e. The third-order valence-electron chi connectivity index (χ3n) is 5.26. The van der Waals surface area contributed by atoms with Gasteiger partial charge in [0.25, 0.3) is 5.91 Å². The highest BCUT2D eigenvalue weighted by molar-refractivity contribution is 6.30. The Hall–Kier alpha value is -2.60. The van der Waals surface area contributed by atoms with Gasteiger partial charge >= 0.3 is 6.18 Å². The molecular formula is C22H18ClF3N2O. The van der Waals surface area contributed by atoms with Gasteiger partial charge in [-0.3, -0.25) is 4.79 Å². The van der Waals surface area contributed by atoms with Gasteiger partial charge in [-0.25, -0.2) is 4.98 Å². The Bertz CT molecular complexity index is 1050. The van der Waals surface area contributed by atoms with Gasteiger partial charge in [-0.1, -0.05) is 41.9 Å². The summed E-state index contributed by atoms with van der Waals surface area (Å²) in [6, 6.07) is 15.9. The molecule has 0 spiro atoms. The van der Waals surface area contributed by atoms with Crippen molar-refractivity contribution in [2.75, 3.05) is 13.1 Å². The predicted molar refractivity (Wildman–Crippen MR) is 107 cm³/mol. The number of amides is 1. The first-order valence-electron chi connectivity index (χ1n) is 9.34. The molecule has 2 heterocycles. The van der Waals surface area contributed by atoms with Crippen molar-refractivity contribution >= 4 is 28.4 Å². The van der Waals surface area contributed by atoms with Gasteiger partial charge in [-0.15, -0.1) is 0 Å². The summed E-state index contributed by atoms with van der Waals surface area (Å²) in [5.41, 5.74) is 2.34. The summed E-state index contributed by atoms with van der Waals surface area (Å²) in [5, 5.41) is 1.21. The molecule has 1 amide bonds. The third-order valence-corrected chi connectivity index (χ3v) is 5.51. The number of hydrogen-bond acceptors (Lipinski definition) is 2. The molecule has 1 aliphatic heterocycles. The maximum atomic E-state index is 13.2. The van der Waals surface area contributed by atoms with Crippen molar-refractivity contribution < 1.29 is 18.0 Å². The van der Waals surface area contributed by atoms with Crippen molar-refractivity contribution in [2.24, 2.45) is 5.92 Å². The average Bonchev–Trinajstić information content (AvgIpc) is 2.72. The van der Waals surface area contributed by atoms with Crippen LogP contribution in [0.2, 0.25) is 5.02 Å². The van der Waals surface area contributed by atoms with Gasteiger partial charge in [0.1, 0.15) is 0 Å².